The molecule has 1 heterocycles. The number of aliphatic hydroxyl groups is 1. The molecule has 7 nitrogen and oxygen atoms in total. The molecule has 0 atom stereocenters. The van der Waals surface area contributed by atoms with Gasteiger partial charge in [0.25, 0.3) is 11.6 Å². The van der Waals surface area contributed by atoms with E-state index in [1.165, 1.54) is 24.3 Å². The molecule has 82 valence electrons. The minimum absolute atomic E-state index is 0.00866. The zero-order chi connectivity index (χ0) is 11.5. The van der Waals surface area contributed by atoms with Crippen LogP contribution in [-0.2, 0) is 6.61 Å². The van der Waals surface area contributed by atoms with Gasteiger partial charge in [-0.1, -0.05) is 5.16 Å². The van der Waals surface area contributed by atoms with Gasteiger partial charge in [-0.2, -0.15) is 4.98 Å². The average Bonchev–Trinajstić information content (AvgIpc) is 2.77. The fraction of sp³-hybridized carbons (Fsp3) is 0.111. The van der Waals surface area contributed by atoms with Gasteiger partial charge in [-0.05, 0) is 12.1 Å². The summed E-state index contributed by atoms with van der Waals surface area (Å²) in [5, 5.41) is 22.7. The highest BCUT2D eigenvalue weighted by Crippen LogP contribution is 2.20. The van der Waals surface area contributed by atoms with Crippen LogP contribution in [0.1, 0.15) is 5.82 Å². The molecule has 0 aliphatic carbocycles. The topological polar surface area (TPSA) is 102 Å². The van der Waals surface area contributed by atoms with E-state index < -0.39 is 4.92 Å². The Kier molecular flexibility index (Phi) is 2.61. The zero-order valence-corrected chi connectivity index (χ0v) is 8.03. The normalized spacial score (nSPS) is 10.3. The first-order chi connectivity index (χ1) is 7.70. The molecule has 0 unspecified atom stereocenters. The average molecular weight is 221 g/mol. The number of nitro benzene ring substituents is 1. The van der Waals surface area contributed by atoms with Crippen molar-refractivity contribution in [3.63, 3.8) is 0 Å². The molecular weight excluding hydrogens is 214 g/mol. The number of nitrogens with zero attached hydrogens (tertiary/aromatic N) is 3. The predicted octanol–water partition coefficient (Wildman–Crippen LogP) is 1.14. The van der Waals surface area contributed by atoms with E-state index in [2.05, 4.69) is 10.1 Å². The molecule has 0 fully saturated rings. The van der Waals surface area contributed by atoms with E-state index in [1.807, 2.05) is 0 Å². The number of hydrogen-bond acceptors (Lipinski definition) is 6. The van der Waals surface area contributed by atoms with Crippen LogP contribution in [0, 0.1) is 10.1 Å². The van der Waals surface area contributed by atoms with Crippen molar-refractivity contribution in [2.45, 2.75) is 6.61 Å². The van der Waals surface area contributed by atoms with Crippen molar-refractivity contribution in [1.29, 1.82) is 0 Å². The first-order valence-electron chi connectivity index (χ1n) is 4.39. The van der Waals surface area contributed by atoms with E-state index in [0.717, 1.165) is 0 Å². The maximum atomic E-state index is 10.4. The molecule has 1 N–H and O–H groups in total. The summed E-state index contributed by atoms with van der Waals surface area (Å²) in [7, 11) is 0. The molecule has 2 aromatic rings. The standard InChI is InChI=1S/C9H7N3O4/c13-5-8-10-9(16-11-8)6-1-3-7(4-2-6)12(14)15/h1-4,13H,5H2. The number of rotatable bonds is 3. The second-order valence-electron chi connectivity index (χ2n) is 2.98. The highest BCUT2D eigenvalue weighted by Gasteiger charge is 2.10. The molecule has 0 saturated carbocycles. The van der Waals surface area contributed by atoms with Crippen LogP contribution in [0.3, 0.4) is 0 Å². The third-order valence-corrected chi connectivity index (χ3v) is 1.93. The Labute approximate surface area is 89.5 Å². The molecular formula is C9H7N3O4. The van der Waals surface area contributed by atoms with E-state index in [-0.39, 0.29) is 24.0 Å². The summed E-state index contributed by atoms with van der Waals surface area (Å²) in [6, 6.07) is 5.70. The van der Waals surface area contributed by atoms with Gasteiger partial charge in [0, 0.05) is 17.7 Å². The lowest BCUT2D eigenvalue weighted by Gasteiger charge is -1.93. The van der Waals surface area contributed by atoms with E-state index in [1.54, 1.807) is 0 Å². The molecule has 16 heavy (non-hydrogen) atoms. The molecule has 2 rings (SSSR count). The van der Waals surface area contributed by atoms with Gasteiger partial charge in [0.1, 0.15) is 6.61 Å². The molecule has 0 radical (unpaired) electrons. The molecule has 0 aliphatic heterocycles. The van der Waals surface area contributed by atoms with Gasteiger partial charge in [-0.25, -0.2) is 0 Å². The third-order valence-electron chi connectivity index (χ3n) is 1.93. The number of aromatic nitrogens is 2. The highest BCUT2D eigenvalue weighted by atomic mass is 16.6. The lowest BCUT2D eigenvalue weighted by atomic mass is 10.2. The van der Waals surface area contributed by atoms with Crippen LogP contribution in [0.2, 0.25) is 0 Å². The van der Waals surface area contributed by atoms with Crippen molar-refractivity contribution in [2.75, 3.05) is 0 Å². The first kappa shape index (κ1) is 10.2. The molecule has 1 aromatic carbocycles. The Balaban J connectivity index is 2.30. The number of nitro groups is 1. The van der Waals surface area contributed by atoms with Gasteiger partial charge in [0.15, 0.2) is 5.82 Å². The van der Waals surface area contributed by atoms with Crippen LogP contribution in [0.25, 0.3) is 11.5 Å². The van der Waals surface area contributed by atoms with E-state index >= 15 is 0 Å². The smallest absolute Gasteiger partial charge is 0.269 e. The second-order valence-corrected chi connectivity index (χ2v) is 2.98. The van der Waals surface area contributed by atoms with E-state index in [9.17, 15) is 10.1 Å². The minimum atomic E-state index is -0.489. The largest absolute Gasteiger partial charge is 0.388 e. The molecule has 0 amide bonds. The first-order valence-corrected chi connectivity index (χ1v) is 4.39. The quantitative estimate of drug-likeness (QED) is 0.615. The minimum Gasteiger partial charge on any atom is -0.388 e. The van der Waals surface area contributed by atoms with Crippen molar-refractivity contribution >= 4 is 5.69 Å². The number of non-ortho nitro benzene ring substituents is 1. The van der Waals surface area contributed by atoms with Gasteiger partial charge in [-0.3, -0.25) is 10.1 Å². The molecule has 7 heteroatoms. The van der Waals surface area contributed by atoms with Crippen molar-refractivity contribution in [1.82, 2.24) is 10.1 Å². The van der Waals surface area contributed by atoms with E-state index in [0.29, 0.717) is 5.56 Å². The van der Waals surface area contributed by atoms with Gasteiger partial charge >= 0.3 is 0 Å². The van der Waals surface area contributed by atoms with Gasteiger partial charge in [0.05, 0.1) is 4.92 Å². The third kappa shape index (κ3) is 1.89. The SMILES string of the molecule is O=[N+]([O-])c1ccc(-c2nc(CO)no2)cc1. The summed E-state index contributed by atoms with van der Waals surface area (Å²) in [5.74, 6) is 0.396. The summed E-state index contributed by atoms with van der Waals surface area (Å²) in [6.45, 7) is -0.309. The van der Waals surface area contributed by atoms with E-state index in [4.69, 9.17) is 9.63 Å². The Bertz CT molecular complexity index is 506. The summed E-state index contributed by atoms with van der Waals surface area (Å²) < 4.78 is 4.85. The van der Waals surface area contributed by atoms with Crippen LogP contribution in [-0.4, -0.2) is 20.2 Å². The monoisotopic (exact) mass is 221 g/mol. The number of benzene rings is 1. The Morgan fingerprint density at radius 1 is 1.38 bits per heavy atom. The summed E-state index contributed by atoms with van der Waals surface area (Å²) in [5.41, 5.74) is 0.559. The van der Waals surface area contributed by atoms with Crippen LogP contribution >= 0.6 is 0 Å². The number of aliphatic hydroxyl groups excluding tert-OH is 1. The fourth-order valence-electron chi connectivity index (χ4n) is 1.16. The Morgan fingerprint density at radius 2 is 2.06 bits per heavy atom. The molecule has 0 aliphatic rings. The Hall–Kier alpha value is -2.28. The zero-order valence-electron chi connectivity index (χ0n) is 8.03. The van der Waals surface area contributed by atoms with Gasteiger partial charge in [-0.15, -0.1) is 0 Å². The lowest BCUT2D eigenvalue weighted by Crippen LogP contribution is -1.87. The van der Waals surface area contributed by atoms with Crippen LogP contribution < -0.4 is 0 Å². The molecule has 1 aromatic heterocycles. The van der Waals surface area contributed by atoms with Crippen molar-refractivity contribution in [2.24, 2.45) is 0 Å². The molecule has 0 spiro atoms. The van der Waals surface area contributed by atoms with Crippen LogP contribution in [0.15, 0.2) is 28.8 Å². The summed E-state index contributed by atoms with van der Waals surface area (Å²) >= 11 is 0. The predicted molar refractivity (Wildman–Crippen MR) is 52.3 cm³/mol. The summed E-state index contributed by atoms with van der Waals surface area (Å²) in [4.78, 5) is 13.8. The maximum absolute atomic E-state index is 10.4. The Morgan fingerprint density at radius 3 is 2.56 bits per heavy atom. The van der Waals surface area contributed by atoms with Crippen LogP contribution in [0.4, 0.5) is 5.69 Å². The maximum Gasteiger partial charge on any atom is 0.269 e. The second kappa shape index (κ2) is 4.07. The number of hydrogen-bond donors (Lipinski definition) is 1. The highest BCUT2D eigenvalue weighted by molar-refractivity contribution is 5.55. The lowest BCUT2D eigenvalue weighted by molar-refractivity contribution is -0.384. The summed E-state index contributed by atoms with van der Waals surface area (Å²) in [6.07, 6.45) is 0. The molecule has 0 saturated heterocycles. The van der Waals surface area contributed by atoms with Crippen molar-refractivity contribution in [3.8, 4) is 11.5 Å². The van der Waals surface area contributed by atoms with Gasteiger partial charge in [0.2, 0.25) is 0 Å². The van der Waals surface area contributed by atoms with Crippen LogP contribution in [0.5, 0.6) is 0 Å². The van der Waals surface area contributed by atoms with Crippen molar-refractivity contribution in [3.05, 3.63) is 40.2 Å². The molecule has 0 bridgehead atoms. The van der Waals surface area contributed by atoms with Gasteiger partial charge < -0.3 is 9.63 Å². The van der Waals surface area contributed by atoms with Crippen molar-refractivity contribution < 1.29 is 14.6 Å². The fourth-order valence-corrected chi connectivity index (χ4v) is 1.16.